The molecule has 0 aliphatic carbocycles. The van der Waals surface area contributed by atoms with Crippen molar-refractivity contribution in [1.82, 2.24) is 9.88 Å². The van der Waals surface area contributed by atoms with Gasteiger partial charge in [-0.2, -0.15) is 0 Å². The largest absolute Gasteiger partial charge is 0.338 e. The van der Waals surface area contributed by atoms with Gasteiger partial charge < -0.3 is 4.52 Å². The highest BCUT2D eigenvalue weighted by molar-refractivity contribution is 7.89. The smallest absolute Gasteiger partial charge is 0.258 e. The van der Waals surface area contributed by atoms with E-state index in [1.807, 2.05) is 24.3 Å². The molecule has 28 heavy (non-hydrogen) atoms. The Bertz CT molecular complexity index is 1060. The molecule has 3 aromatic rings. The first-order valence-electron chi connectivity index (χ1n) is 8.90. The first-order valence-corrected chi connectivity index (χ1v) is 10.4. The van der Waals surface area contributed by atoms with Crippen molar-refractivity contribution in [1.29, 1.82) is 0 Å². The summed E-state index contributed by atoms with van der Waals surface area (Å²) in [6.07, 6.45) is 0.953. The second-order valence-electron chi connectivity index (χ2n) is 6.11. The summed E-state index contributed by atoms with van der Waals surface area (Å²) in [7, 11) is -3.55. The molecule has 2 N–H and O–H groups in total. The standard InChI is InChI=1S/C20H21N3O4S/c1-3-14-5-7-15(8-6-14)18-13-19(27-23-18)22-20(24)16-9-11-17(12-10-16)28(25,26)21-4-2/h5-13,21H,3-4H2,1-2H3,(H,22,24). The molecule has 0 spiro atoms. The highest BCUT2D eigenvalue weighted by atomic mass is 32.2. The van der Waals surface area contributed by atoms with Crippen LogP contribution >= 0.6 is 0 Å². The molecule has 0 atom stereocenters. The van der Waals surface area contributed by atoms with Gasteiger partial charge in [0.1, 0.15) is 5.69 Å². The van der Waals surface area contributed by atoms with Gasteiger partial charge in [0.05, 0.1) is 4.90 Å². The van der Waals surface area contributed by atoms with Crippen molar-refractivity contribution >= 4 is 21.8 Å². The van der Waals surface area contributed by atoms with Gasteiger partial charge in [0.25, 0.3) is 5.91 Å². The fraction of sp³-hybridized carbons (Fsp3) is 0.200. The number of carbonyl (C=O) groups excluding carboxylic acids is 1. The lowest BCUT2D eigenvalue weighted by Gasteiger charge is -2.05. The quantitative estimate of drug-likeness (QED) is 0.634. The molecule has 0 aliphatic rings. The van der Waals surface area contributed by atoms with Gasteiger partial charge in [-0.05, 0) is 36.2 Å². The zero-order valence-electron chi connectivity index (χ0n) is 15.6. The molecule has 8 heteroatoms. The summed E-state index contributed by atoms with van der Waals surface area (Å²) in [6, 6.07) is 15.2. The molecule has 7 nitrogen and oxygen atoms in total. The van der Waals surface area contributed by atoms with Gasteiger partial charge in [0, 0.05) is 23.7 Å². The van der Waals surface area contributed by atoms with Crippen LogP contribution in [0.4, 0.5) is 5.88 Å². The minimum atomic E-state index is -3.55. The van der Waals surface area contributed by atoms with Crippen molar-refractivity contribution in [2.24, 2.45) is 0 Å². The molecule has 0 aliphatic heterocycles. The molecule has 0 bridgehead atoms. The molecule has 2 aromatic carbocycles. The van der Waals surface area contributed by atoms with Crippen molar-refractivity contribution in [2.75, 3.05) is 11.9 Å². The Hall–Kier alpha value is -2.97. The summed E-state index contributed by atoms with van der Waals surface area (Å²) in [4.78, 5) is 12.5. The summed E-state index contributed by atoms with van der Waals surface area (Å²) >= 11 is 0. The number of aromatic nitrogens is 1. The third kappa shape index (κ3) is 4.47. The molecule has 1 amide bonds. The second kappa shape index (κ2) is 8.37. The number of hydrogen-bond acceptors (Lipinski definition) is 5. The van der Waals surface area contributed by atoms with Crippen LogP contribution in [0.1, 0.15) is 29.8 Å². The first-order chi connectivity index (χ1) is 13.4. The predicted octanol–water partition coefficient (Wildman–Crippen LogP) is 3.45. The lowest BCUT2D eigenvalue weighted by molar-refractivity contribution is 0.102. The van der Waals surface area contributed by atoms with Crippen LogP contribution in [-0.4, -0.2) is 26.0 Å². The normalized spacial score (nSPS) is 11.4. The molecule has 0 radical (unpaired) electrons. The maximum absolute atomic E-state index is 12.4. The van der Waals surface area contributed by atoms with Gasteiger partial charge in [-0.25, -0.2) is 13.1 Å². The maximum Gasteiger partial charge on any atom is 0.258 e. The average Bonchev–Trinajstić information content (AvgIpc) is 3.16. The van der Waals surface area contributed by atoms with Crippen molar-refractivity contribution in [3.63, 3.8) is 0 Å². The van der Waals surface area contributed by atoms with E-state index in [-0.39, 0.29) is 10.8 Å². The number of benzene rings is 2. The van der Waals surface area contributed by atoms with E-state index in [4.69, 9.17) is 4.52 Å². The lowest BCUT2D eigenvalue weighted by Crippen LogP contribution is -2.23. The Morgan fingerprint density at radius 1 is 1.04 bits per heavy atom. The Kier molecular flexibility index (Phi) is 5.91. The monoisotopic (exact) mass is 399 g/mol. The van der Waals surface area contributed by atoms with Crippen LogP contribution in [0.15, 0.2) is 64.0 Å². The minimum Gasteiger partial charge on any atom is -0.338 e. The Labute approximate surface area is 163 Å². The Morgan fingerprint density at radius 2 is 1.71 bits per heavy atom. The Morgan fingerprint density at radius 3 is 2.32 bits per heavy atom. The van der Waals surface area contributed by atoms with Crippen LogP contribution < -0.4 is 10.0 Å². The van der Waals surface area contributed by atoms with E-state index in [0.717, 1.165) is 12.0 Å². The molecular formula is C20H21N3O4S. The fourth-order valence-corrected chi connectivity index (χ4v) is 3.67. The number of rotatable bonds is 7. The topological polar surface area (TPSA) is 101 Å². The van der Waals surface area contributed by atoms with Crippen molar-refractivity contribution in [3.8, 4) is 11.3 Å². The molecule has 0 unspecified atom stereocenters. The average molecular weight is 399 g/mol. The van der Waals surface area contributed by atoms with Gasteiger partial charge in [0.2, 0.25) is 15.9 Å². The van der Waals surface area contributed by atoms with Crippen LogP contribution in [0.5, 0.6) is 0 Å². The van der Waals surface area contributed by atoms with Gasteiger partial charge >= 0.3 is 0 Å². The fourth-order valence-electron chi connectivity index (χ4n) is 2.62. The van der Waals surface area contributed by atoms with Gasteiger partial charge in [-0.3, -0.25) is 10.1 Å². The molecule has 1 heterocycles. The third-order valence-electron chi connectivity index (χ3n) is 4.17. The number of carbonyl (C=O) groups is 1. The molecule has 0 saturated carbocycles. The van der Waals surface area contributed by atoms with Crippen molar-refractivity contribution in [2.45, 2.75) is 25.2 Å². The number of aryl methyl sites for hydroxylation is 1. The van der Waals surface area contributed by atoms with E-state index >= 15 is 0 Å². The third-order valence-corrected chi connectivity index (χ3v) is 5.73. The summed E-state index contributed by atoms with van der Waals surface area (Å²) in [5, 5.41) is 6.60. The number of sulfonamides is 1. The van der Waals surface area contributed by atoms with E-state index in [0.29, 0.717) is 17.8 Å². The molecule has 1 aromatic heterocycles. The zero-order chi connectivity index (χ0) is 20.1. The lowest BCUT2D eigenvalue weighted by atomic mass is 10.1. The molecule has 0 fully saturated rings. The second-order valence-corrected chi connectivity index (χ2v) is 7.87. The van der Waals surface area contributed by atoms with Crippen LogP contribution in [0.2, 0.25) is 0 Å². The summed E-state index contributed by atoms with van der Waals surface area (Å²) in [5.74, 6) is -0.208. The maximum atomic E-state index is 12.4. The van der Waals surface area contributed by atoms with Crippen LogP contribution in [0.3, 0.4) is 0 Å². The number of nitrogens with zero attached hydrogens (tertiary/aromatic N) is 1. The number of amides is 1. The van der Waals surface area contributed by atoms with Crippen LogP contribution in [0, 0.1) is 0 Å². The van der Waals surface area contributed by atoms with Crippen molar-refractivity contribution in [3.05, 3.63) is 65.7 Å². The van der Waals surface area contributed by atoms with E-state index in [1.165, 1.54) is 29.8 Å². The highest BCUT2D eigenvalue weighted by Crippen LogP contribution is 2.23. The van der Waals surface area contributed by atoms with Crippen LogP contribution in [0.25, 0.3) is 11.3 Å². The number of hydrogen-bond donors (Lipinski definition) is 2. The van der Waals surface area contributed by atoms with Crippen molar-refractivity contribution < 1.29 is 17.7 Å². The molecule has 0 saturated heterocycles. The van der Waals surface area contributed by atoms with Gasteiger partial charge in [-0.1, -0.05) is 43.3 Å². The van der Waals surface area contributed by atoms with E-state index in [1.54, 1.807) is 13.0 Å². The number of nitrogens with one attached hydrogen (secondary N) is 2. The van der Waals surface area contributed by atoms with E-state index < -0.39 is 15.9 Å². The SMILES string of the molecule is CCNS(=O)(=O)c1ccc(C(=O)Nc2cc(-c3ccc(CC)cc3)no2)cc1. The summed E-state index contributed by atoms with van der Waals surface area (Å²) in [6.45, 7) is 4.07. The van der Waals surface area contributed by atoms with E-state index in [9.17, 15) is 13.2 Å². The minimum absolute atomic E-state index is 0.100. The highest BCUT2D eigenvalue weighted by Gasteiger charge is 2.15. The Balaban J connectivity index is 1.70. The van der Waals surface area contributed by atoms with Gasteiger partial charge in [0.15, 0.2) is 0 Å². The first kappa shape index (κ1) is 19.8. The zero-order valence-corrected chi connectivity index (χ0v) is 16.4. The molecular weight excluding hydrogens is 378 g/mol. The number of anilines is 1. The summed E-state index contributed by atoms with van der Waals surface area (Å²) in [5.41, 5.74) is 3.03. The van der Waals surface area contributed by atoms with E-state index in [2.05, 4.69) is 22.1 Å². The molecule has 3 rings (SSSR count). The molecule has 146 valence electrons. The van der Waals surface area contributed by atoms with Gasteiger partial charge in [-0.15, -0.1) is 0 Å². The summed E-state index contributed by atoms with van der Waals surface area (Å²) < 4.78 is 31.5. The predicted molar refractivity (Wildman–Crippen MR) is 107 cm³/mol. The van der Waals surface area contributed by atoms with Crippen LogP contribution in [-0.2, 0) is 16.4 Å².